The zero-order valence-corrected chi connectivity index (χ0v) is 16.9. The van der Waals surface area contributed by atoms with Gasteiger partial charge in [0.15, 0.2) is 0 Å². The SMILES string of the molecule is CCS(=O)(=O)N1CC2Cc3[nH]ncc3C(C1)N2S(=O)(=O)c1ccc(Cl)cc1. The standard InChI is InChI=1S/C16H19ClN4O4S2/c1-2-26(22,23)20-9-12-7-15-14(8-18-19-15)16(10-20)21(12)27(24,25)13-5-3-11(17)4-6-13/h3-6,8,12,16H,2,7,9-10H2,1H3,(H,18,19). The van der Waals surface area contributed by atoms with Gasteiger partial charge in [-0.2, -0.15) is 13.7 Å². The minimum Gasteiger partial charge on any atom is -0.282 e. The molecule has 0 radical (unpaired) electrons. The van der Waals surface area contributed by atoms with Gasteiger partial charge in [-0.05, 0) is 31.2 Å². The van der Waals surface area contributed by atoms with E-state index in [0.29, 0.717) is 11.4 Å². The molecule has 2 aliphatic heterocycles. The van der Waals surface area contributed by atoms with Gasteiger partial charge in [0.2, 0.25) is 20.0 Å². The van der Waals surface area contributed by atoms with Crippen LogP contribution in [0.5, 0.6) is 0 Å². The minimum atomic E-state index is -3.82. The number of benzene rings is 1. The highest BCUT2D eigenvalue weighted by Crippen LogP contribution is 2.41. The van der Waals surface area contributed by atoms with E-state index < -0.39 is 32.1 Å². The summed E-state index contributed by atoms with van der Waals surface area (Å²) < 4.78 is 54.4. The van der Waals surface area contributed by atoms with Crippen LogP contribution in [0.15, 0.2) is 35.4 Å². The number of H-pyrrole nitrogens is 1. The number of aromatic amines is 1. The van der Waals surface area contributed by atoms with Gasteiger partial charge in [0.25, 0.3) is 0 Å². The topological polar surface area (TPSA) is 103 Å². The molecule has 3 heterocycles. The molecular formula is C16H19ClN4O4S2. The number of fused-ring (bicyclic) bond motifs is 4. The fourth-order valence-electron chi connectivity index (χ4n) is 3.82. The molecule has 2 aliphatic rings. The molecule has 27 heavy (non-hydrogen) atoms. The molecule has 1 aromatic heterocycles. The predicted molar refractivity (Wildman–Crippen MR) is 100 cm³/mol. The average Bonchev–Trinajstić information content (AvgIpc) is 3.09. The molecule has 1 fully saturated rings. The van der Waals surface area contributed by atoms with Gasteiger partial charge >= 0.3 is 0 Å². The van der Waals surface area contributed by atoms with Crippen LogP contribution in [-0.4, -0.2) is 60.5 Å². The minimum absolute atomic E-state index is 0.0192. The first-order valence-corrected chi connectivity index (χ1v) is 12.0. The Bertz CT molecular complexity index is 1070. The van der Waals surface area contributed by atoms with Crippen molar-refractivity contribution in [1.29, 1.82) is 0 Å². The van der Waals surface area contributed by atoms with Crippen molar-refractivity contribution in [2.45, 2.75) is 30.3 Å². The molecule has 2 aromatic rings. The summed E-state index contributed by atoms with van der Waals surface area (Å²) >= 11 is 5.89. The number of piperazine rings is 1. The number of aromatic nitrogens is 2. The Morgan fingerprint density at radius 1 is 1.19 bits per heavy atom. The number of rotatable bonds is 4. The van der Waals surface area contributed by atoms with E-state index in [2.05, 4.69) is 10.2 Å². The van der Waals surface area contributed by atoms with Gasteiger partial charge < -0.3 is 0 Å². The van der Waals surface area contributed by atoms with Gasteiger partial charge in [-0.3, -0.25) is 5.10 Å². The van der Waals surface area contributed by atoms with Crippen LogP contribution >= 0.6 is 11.6 Å². The highest BCUT2D eigenvalue weighted by Gasteiger charge is 2.49. The van der Waals surface area contributed by atoms with Crippen LogP contribution in [-0.2, 0) is 26.5 Å². The summed E-state index contributed by atoms with van der Waals surface area (Å²) in [5, 5.41) is 7.41. The van der Waals surface area contributed by atoms with Crippen molar-refractivity contribution in [3.8, 4) is 0 Å². The van der Waals surface area contributed by atoms with Crippen LogP contribution in [0.25, 0.3) is 0 Å². The van der Waals surface area contributed by atoms with Crippen LogP contribution in [0, 0.1) is 0 Å². The van der Waals surface area contributed by atoms with E-state index in [-0.39, 0.29) is 23.7 Å². The van der Waals surface area contributed by atoms with Gasteiger partial charge in [-0.1, -0.05) is 11.6 Å². The summed E-state index contributed by atoms with van der Waals surface area (Å²) in [5.41, 5.74) is 1.58. The Labute approximate surface area is 163 Å². The second-order valence-electron chi connectivity index (χ2n) is 6.68. The zero-order chi connectivity index (χ0) is 19.4. The normalized spacial score (nSPS) is 23.9. The highest BCUT2D eigenvalue weighted by atomic mass is 35.5. The van der Waals surface area contributed by atoms with Crippen molar-refractivity contribution in [1.82, 2.24) is 18.8 Å². The molecule has 0 aliphatic carbocycles. The molecule has 1 saturated heterocycles. The molecule has 2 bridgehead atoms. The lowest BCUT2D eigenvalue weighted by Gasteiger charge is -2.47. The summed E-state index contributed by atoms with van der Waals surface area (Å²) in [7, 11) is -7.25. The molecule has 0 spiro atoms. The van der Waals surface area contributed by atoms with E-state index in [1.54, 1.807) is 13.1 Å². The molecule has 0 saturated carbocycles. The first-order chi connectivity index (χ1) is 12.7. The van der Waals surface area contributed by atoms with Crippen molar-refractivity contribution in [3.63, 3.8) is 0 Å². The number of hydrogen-bond acceptors (Lipinski definition) is 5. The Morgan fingerprint density at radius 3 is 2.56 bits per heavy atom. The molecule has 146 valence electrons. The lowest BCUT2D eigenvalue weighted by Crippen LogP contribution is -2.60. The first-order valence-electron chi connectivity index (χ1n) is 8.53. The third-order valence-corrected chi connectivity index (χ3v) is 9.20. The lowest BCUT2D eigenvalue weighted by molar-refractivity contribution is 0.124. The molecule has 4 rings (SSSR count). The maximum absolute atomic E-state index is 13.4. The molecule has 8 nitrogen and oxygen atoms in total. The number of nitrogens with zero attached hydrogens (tertiary/aromatic N) is 3. The molecule has 11 heteroatoms. The van der Waals surface area contributed by atoms with E-state index in [1.807, 2.05) is 0 Å². The monoisotopic (exact) mass is 430 g/mol. The van der Waals surface area contributed by atoms with Crippen LogP contribution < -0.4 is 0 Å². The molecule has 0 amide bonds. The van der Waals surface area contributed by atoms with Crippen molar-refractivity contribution in [2.75, 3.05) is 18.8 Å². The second kappa shape index (κ2) is 6.56. The summed E-state index contributed by atoms with van der Waals surface area (Å²) in [6.45, 7) is 1.79. The molecule has 2 unspecified atom stereocenters. The summed E-state index contributed by atoms with van der Waals surface area (Å²) in [5.74, 6) is -0.0192. The summed E-state index contributed by atoms with van der Waals surface area (Å²) in [6, 6.07) is 4.89. The lowest BCUT2D eigenvalue weighted by atomic mass is 9.93. The summed E-state index contributed by atoms with van der Waals surface area (Å²) in [4.78, 5) is 0.139. The van der Waals surface area contributed by atoms with Gasteiger partial charge in [0.1, 0.15) is 0 Å². The van der Waals surface area contributed by atoms with E-state index in [1.165, 1.54) is 32.9 Å². The van der Waals surface area contributed by atoms with Crippen molar-refractivity contribution in [2.24, 2.45) is 0 Å². The highest BCUT2D eigenvalue weighted by molar-refractivity contribution is 7.89. The van der Waals surface area contributed by atoms with E-state index >= 15 is 0 Å². The second-order valence-corrected chi connectivity index (χ2v) is 11.2. The maximum atomic E-state index is 13.4. The van der Waals surface area contributed by atoms with Crippen LogP contribution in [0.1, 0.15) is 24.2 Å². The molecule has 2 atom stereocenters. The quantitative estimate of drug-likeness (QED) is 0.789. The van der Waals surface area contributed by atoms with E-state index in [9.17, 15) is 16.8 Å². The first kappa shape index (κ1) is 18.9. The Hall–Kier alpha value is -1.46. The van der Waals surface area contributed by atoms with Crippen molar-refractivity contribution < 1.29 is 16.8 Å². The maximum Gasteiger partial charge on any atom is 0.243 e. The van der Waals surface area contributed by atoms with Gasteiger partial charge in [-0.25, -0.2) is 16.8 Å². The number of sulfonamides is 2. The average molecular weight is 431 g/mol. The Kier molecular flexibility index (Phi) is 4.59. The largest absolute Gasteiger partial charge is 0.282 e. The Morgan fingerprint density at radius 2 is 1.89 bits per heavy atom. The molecule has 1 N–H and O–H groups in total. The molecular weight excluding hydrogens is 412 g/mol. The number of hydrogen-bond donors (Lipinski definition) is 1. The fraction of sp³-hybridized carbons (Fsp3) is 0.438. The third-order valence-electron chi connectivity index (χ3n) is 5.16. The van der Waals surface area contributed by atoms with E-state index in [4.69, 9.17) is 11.6 Å². The van der Waals surface area contributed by atoms with Crippen LogP contribution in [0.4, 0.5) is 0 Å². The smallest absolute Gasteiger partial charge is 0.243 e. The number of halogens is 1. The van der Waals surface area contributed by atoms with E-state index in [0.717, 1.165) is 11.3 Å². The van der Waals surface area contributed by atoms with Gasteiger partial charge in [-0.15, -0.1) is 0 Å². The Balaban J connectivity index is 1.79. The zero-order valence-electron chi connectivity index (χ0n) is 14.5. The van der Waals surface area contributed by atoms with Crippen LogP contribution in [0.2, 0.25) is 5.02 Å². The molecule has 1 aromatic carbocycles. The predicted octanol–water partition coefficient (Wildman–Crippen LogP) is 1.39. The number of nitrogens with one attached hydrogen (secondary N) is 1. The van der Waals surface area contributed by atoms with Gasteiger partial charge in [0.05, 0.1) is 22.9 Å². The third kappa shape index (κ3) is 3.09. The summed E-state index contributed by atoms with van der Waals surface area (Å²) in [6.07, 6.45) is 1.97. The van der Waals surface area contributed by atoms with Crippen LogP contribution in [0.3, 0.4) is 0 Å². The van der Waals surface area contributed by atoms with Crippen molar-refractivity contribution in [3.05, 3.63) is 46.7 Å². The van der Waals surface area contributed by atoms with Gasteiger partial charge in [0, 0.05) is 41.8 Å². The van der Waals surface area contributed by atoms with Crippen molar-refractivity contribution >= 4 is 31.6 Å². The fourth-order valence-corrected chi connectivity index (χ4v) is 6.85.